The average Bonchev–Trinajstić information content (AvgIpc) is 2.16. The highest BCUT2D eigenvalue weighted by Crippen LogP contribution is 2.37. The molecule has 0 spiro atoms. The minimum Gasteiger partial charge on any atom is -0.294 e. The van der Waals surface area contributed by atoms with Crippen molar-refractivity contribution in [1.82, 2.24) is 0 Å². The van der Waals surface area contributed by atoms with Crippen LogP contribution in [0.25, 0.3) is 0 Å². The first-order valence-corrected chi connectivity index (χ1v) is 5.70. The molecule has 0 aromatic heterocycles. The quantitative estimate of drug-likeness (QED) is 0.669. The van der Waals surface area contributed by atoms with Gasteiger partial charge in [0.2, 0.25) is 0 Å². The lowest BCUT2D eigenvalue weighted by molar-refractivity contribution is 0.0811. The van der Waals surface area contributed by atoms with Gasteiger partial charge < -0.3 is 0 Å². The molecule has 0 unspecified atom stereocenters. The second-order valence-corrected chi connectivity index (χ2v) is 5.45. The van der Waals surface area contributed by atoms with E-state index in [0.29, 0.717) is 10.0 Å². The van der Waals surface area contributed by atoms with Gasteiger partial charge in [-0.3, -0.25) is 4.79 Å². The summed E-state index contributed by atoms with van der Waals surface area (Å²) in [5.74, 6) is 0.169. The highest BCUT2D eigenvalue weighted by atomic mass is 35.5. The maximum absolute atomic E-state index is 12.1. The van der Waals surface area contributed by atoms with Crippen molar-refractivity contribution in [2.24, 2.45) is 5.41 Å². The van der Waals surface area contributed by atoms with E-state index < -0.39 is 0 Å². The van der Waals surface area contributed by atoms with Crippen LogP contribution in [0.5, 0.6) is 0 Å². The molecule has 0 amide bonds. The summed E-state index contributed by atoms with van der Waals surface area (Å²) < 4.78 is 0. The van der Waals surface area contributed by atoms with Gasteiger partial charge in [-0.15, -0.1) is 0 Å². The number of carbonyl (C=O) groups excluding carboxylic acids is 1. The molecular formula is C12H12Cl2O. The molecule has 0 fully saturated rings. The van der Waals surface area contributed by atoms with Gasteiger partial charge in [0.05, 0.1) is 10.0 Å². The van der Waals surface area contributed by atoms with Crippen LogP contribution in [0.2, 0.25) is 10.0 Å². The van der Waals surface area contributed by atoms with Gasteiger partial charge in [0.15, 0.2) is 5.78 Å². The smallest absolute Gasteiger partial charge is 0.168 e. The fourth-order valence-electron chi connectivity index (χ4n) is 1.93. The topological polar surface area (TPSA) is 17.1 Å². The molecule has 0 N–H and O–H groups in total. The van der Waals surface area contributed by atoms with Crippen molar-refractivity contribution in [2.75, 3.05) is 0 Å². The van der Waals surface area contributed by atoms with Crippen LogP contribution in [0.15, 0.2) is 12.1 Å². The number of hydrogen-bond donors (Lipinski definition) is 0. The molecular weight excluding hydrogens is 231 g/mol. The van der Waals surface area contributed by atoms with Crippen molar-refractivity contribution < 1.29 is 4.79 Å². The van der Waals surface area contributed by atoms with Crippen LogP contribution in [-0.2, 0) is 6.42 Å². The monoisotopic (exact) mass is 242 g/mol. The standard InChI is InChI=1S/C12H12Cl2O/c1-12(2)4-3-7-5-9(13)10(14)6-8(7)11(12)15/h5-6H,3-4H2,1-2H3. The van der Waals surface area contributed by atoms with Crippen LogP contribution in [0.1, 0.15) is 36.2 Å². The van der Waals surface area contributed by atoms with Gasteiger partial charge in [-0.05, 0) is 30.5 Å². The summed E-state index contributed by atoms with van der Waals surface area (Å²) >= 11 is 11.8. The first kappa shape index (κ1) is 11.0. The SMILES string of the molecule is CC1(C)CCc2cc(Cl)c(Cl)cc2C1=O. The highest BCUT2D eigenvalue weighted by Gasteiger charge is 2.34. The van der Waals surface area contributed by atoms with Gasteiger partial charge in [-0.1, -0.05) is 37.0 Å². The number of aryl methyl sites for hydroxylation is 1. The Kier molecular flexibility index (Phi) is 2.56. The van der Waals surface area contributed by atoms with E-state index >= 15 is 0 Å². The molecule has 0 saturated heterocycles. The van der Waals surface area contributed by atoms with Crippen LogP contribution in [-0.4, -0.2) is 5.78 Å². The summed E-state index contributed by atoms with van der Waals surface area (Å²) in [6, 6.07) is 3.51. The van der Waals surface area contributed by atoms with E-state index in [4.69, 9.17) is 23.2 Å². The predicted octanol–water partition coefficient (Wildman–Crippen LogP) is 4.15. The average molecular weight is 243 g/mol. The molecule has 1 nitrogen and oxygen atoms in total. The molecule has 1 aromatic carbocycles. The molecule has 15 heavy (non-hydrogen) atoms. The molecule has 1 aliphatic rings. The maximum atomic E-state index is 12.1. The van der Waals surface area contributed by atoms with Gasteiger partial charge in [0.25, 0.3) is 0 Å². The zero-order chi connectivity index (χ0) is 11.2. The lowest BCUT2D eigenvalue weighted by atomic mass is 9.73. The number of carbonyl (C=O) groups is 1. The number of rotatable bonds is 0. The van der Waals surface area contributed by atoms with Gasteiger partial charge >= 0.3 is 0 Å². The van der Waals surface area contributed by atoms with Crippen molar-refractivity contribution in [1.29, 1.82) is 0 Å². The second-order valence-electron chi connectivity index (χ2n) is 4.64. The minimum atomic E-state index is -0.274. The van der Waals surface area contributed by atoms with Gasteiger partial charge in [-0.25, -0.2) is 0 Å². The van der Waals surface area contributed by atoms with Crippen LogP contribution in [0, 0.1) is 5.41 Å². The van der Waals surface area contributed by atoms with Crippen molar-refractivity contribution in [2.45, 2.75) is 26.7 Å². The summed E-state index contributed by atoms with van der Waals surface area (Å²) in [6.45, 7) is 3.95. The first-order valence-electron chi connectivity index (χ1n) is 4.94. The summed E-state index contributed by atoms with van der Waals surface area (Å²) in [5.41, 5.74) is 1.49. The van der Waals surface area contributed by atoms with E-state index in [-0.39, 0.29) is 11.2 Å². The molecule has 0 bridgehead atoms. The summed E-state index contributed by atoms with van der Waals surface area (Å²) in [7, 11) is 0. The van der Waals surface area contributed by atoms with E-state index in [1.165, 1.54) is 0 Å². The number of fused-ring (bicyclic) bond motifs is 1. The van der Waals surface area contributed by atoms with Crippen molar-refractivity contribution in [3.8, 4) is 0 Å². The summed E-state index contributed by atoms with van der Waals surface area (Å²) in [6.07, 6.45) is 1.77. The van der Waals surface area contributed by atoms with Crippen molar-refractivity contribution in [3.05, 3.63) is 33.3 Å². The number of Topliss-reactive ketones (excluding diaryl/α,β-unsaturated/α-hetero) is 1. The number of benzene rings is 1. The molecule has 1 aliphatic carbocycles. The third-order valence-corrected chi connectivity index (χ3v) is 3.75. The summed E-state index contributed by atoms with van der Waals surface area (Å²) in [5, 5.41) is 0.990. The zero-order valence-electron chi connectivity index (χ0n) is 8.73. The van der Waals surface area contributed by atoms with Gasteiger partial charge in [-0.2, -0.15) is 0 Å². The van der Waals surface area contributed by atoms with Crippen molar-refractivity contribution >= 4 is 29.0 Å². The Hall–Kier alpha value is -0.530. The Morgan fingerprint density at radius 1 is 1.20 bits per heavy atom. The fourth-order valence-corrected chi connectivity index (χ4v) is 2.28. The lowest BCUT2D eigenvalue weighted by Gasteiger charge is -2.29. The minimum absolute atomic E-state index is 0.169. The van der Waals surface area contributed by atoms with Crippen molar-refractivity contribution in [3.63, 3.8) is 0 Å². The summed E-state index contributed by atoms with van der Waals surface area (Å²) in [4.78, 5) is 12.1. The second kappa shape index (κ2) is 3.50. The zero-order valence-corrected chi connectivity index (χ0v) is 10.2. The lowest BCUT2D eigenvalue weighted by Crippen LogP contribution is -2.30. The molecule has 80 valence electrons. The van der Waals surface area contributed by atoms with Crippen LogP contribution in [0.3, 0.4) is 0 Å². The molecule has 2 rings (SSSR count). The largest absolute Gasteiger partial charge is 0.294 e. The number of halogens is 2. The molecule has 0 aliphatic heterocycles. The Balaban J connectivity index is 2.58. The van der Waals surface area contributed by atoms with Crippen LogP contribution in [0.4, 0.5) is 0 Å². The maximum Gasteiger partial charge on any atom is 0.168 e. The van der Waals surface area contributed by atoms with E-state index in [9.17, 15) is 4.79 Å². The van der Waals surface area contributed by atoms with E-state index in [1.807, 2.05) is 19.9 Å². The Morgan fingerprint density at radius 2 is 1.80 bits per heavy atom. The van der Waals surface area contributed by atoms with Gasteiger partial charge in [0.1, 0.15) is 0 Å². The fraction of sp³-hybridized carbons (Fsp3) is 0.417. The molecule has 0 heterocycles. The van der Waals surface area contributed by atoms with Crippen LogP contribution >= 0.6 is 23.2 Å². The Bertz CT molecular complexity index is 435. The molecule has 1 aromatic rings. The number of hydrogen-bond acceptors (Lipinski definition) is 1. The predicted molar refractivity (Wildman–Crippen MR) is 62.9 cm³/mol. The Labute approximate surface area is 99.4 Å². The van der Waals surface area contributed by atoms with Gasteiger partial charge in [0, 0.05) is 11.0 Å². The third kappa shape index (κ3) is 1.79. The van der Waals surface area contributed by atoms with E-state index in [1.54, 1.807) is 6.07 Å². The van der Waals surface area contributed by atoms with E-state index in [0.717, 1.165) is 24.0 Å². The normalized spacial score (nSPS) is 18.8. The Morgan fingerprint density at radius 3 is 2.47 bits per heavy atom. The molecule has 3 heteroatoms. The third-order valence-electron chi connectivity index (χ3n) is 3.02. The molecule has 0 saturated carbocycles. The molecule has 0 radical (unpaired) electrons. The number of ketones is 1. The first-order chi connectivity index (χ1) is 6.92. The van der Waals surface area contributed by atoms with Crippen LogP contribution < -0.4 is 0 Å². The van der Waals surface area contributed by atoms with E-state index in [2.05, 4.69) is 0 Å². The molecule has 0 atom stereocenters. The highest BCUT2D eigenvalue weighted by molar-refractivity contribution is 6.42.